The van der Waals surface area contributed by atoms with Crippen LogP contribution in [0.1, 0.15) is 45.1 Å². The van der Waals surface area contributed by atoms with Gasteiger partial charge in [0.2, 0.25) is 0 Å². The van der Waals surface area contributed by atoms with Crippen LogP contribution in [0.2, 0.25) is 0 Å². The minimum absolute atomic E-state index is 0.00301. The van der Waals surface area contributed by atoms with E-state index in [2.05, 4.69) is 34.0 Å². The highest BCUT2D eigenvalue weighted by molar-refractivity contribution is 6.04. The second-order valence-corrected chi connectivity index (χ2v) is 8.06. The molecule has 1 unspecified atom stereocenters. The number of amides is 1. The zero-order valence-corrected chi connectivity index (χ0v) is 18.4. The summed E-state index contributed by atoms with van der Waals surface area (Å²) in [5.74, 6) is -0.639. The summed E-state index contributed by atoms with van der Waals surface area (Å²) < 4.78 is 38.9. The molecule has 1 N–H and O–H groups in total. The minimum Gasteiger partial charge on any atom is -0.322 e. The van der Waals surface area contributed by atoms with E-state index in [1.54, 1.807) is 18.5 Å². The molecule has 172 valence electrons. The Labute approximate surface area is 195 Å². The van der Waals surface area contributed by atoms with E-state index in [9.17, 15) is 18.0 Å². The van der Waals surface area contributed by atoms with Gasteiger partial charge in [0.05, 0.1) is 0 Å². The SMILES string of the molecule is C=C1CC=CC(c2cc(NC(=O)c3ccnc(C(F)(F)F)c3)ccc2C)=CC1c1ccncc1. The van der Waals surface area contributed by atoms with E-state index in [4.69, 9.17) is 0 Å². The molecule has 0 fully saturated rings. The van der Waals surface area contributed by atoms with E-state index in [0.29, 0.717) is 5.69 Å². The normalized spacial score (nSPS) is 16.1. The Morgan fingerprint density at radius 3 is 2.59 bits per heavy atom. The quantitative estimate of drug-likeness (QED) is 0.438. The molecular weight excluding hydrogens is 439 g/mol. The maximum Gasteiger partial charge on any atom is 0.433 e. The highest BCUT2D eigenvalue weighted by Crippen LogP contribution is 2.35. The van der Waals surface area contributed by atoms with Crippen LogP contribution < -0.4 is 5.32 Å². The van der Waals surface area contributed by atoms with Crippen molar-refractivity contribution in [2.24, 2.45) is 0 Å². The van der Waals surface area contributed by atoms with Crippen molar-refractivity contribution < 1.29 is 18.0 Å². The van der Waals surface area contributed by atoms with Gasteiger partial charge in [-0.3, -0.25) is 14.8 Å². The lowest BCUT2D eigenvalue weighted by molar-refractivity contribution is -0.141. The molecule has 0 aliphatic heterocycles. The van der Waals surface area contributed by atoms with E-state index in [1.165, 1.54) is 6.07 Å². The van der Waals surface area contributed by atoms with Gasteiger partial charge >= 0.3 is 6.18 Å². The molecule has 0 saturated carbocycles. The Balaban J connectivity index is 1.64. The van der Waals surface area contributed by atoms with Crippen molar-refractivity contribution in [3.8, 4) is 0 Å². The van der Waals surface area contributed by atoms with Crippen molar-refractivity contribution in [3.63, 3.8) is 0 Å². The van der Waals surface area contributed by atoms with Gasteiger partial charge in [0.15, 0.2) is 0 Å². The van der Waals surface area contributed by atoms with Crippen molar-refractivity contribution >= 4 is 17.2 Å². The fourth-order valence-electron chi connectivity index (χ4n) is 3.84. The number of halogens is 3. The number of nitrogens with one attached hydrogen (secondary N) is 1. The van der Waals surface area contributed by atoms with Crippen LogP contribution in [0.15, 0.2) is 91.4 Å². The Morgan fingerprint density at radius 2 is 1.85 bits per heavy atom. The number of benzene rings is 1. The number of pyridine rings is 2. The molecule has 1 aliphatic rings. The zero-order valence-electron chi connectivity index (χ0n) is 18.4. The first-order valence-electron chi connectivity index (χ1n) is 10.6. The molecule has 2 heterocycles. The second-order valence-electron chi connectivity index (χ2n) is 8.06. The summed E-state index contributed by atoms with van der Waals surface area (Å²) in [6, 6.07) is 11.3. The number of hydrogen-bond donors (Lipinski definition) is 1. The maximum atomic E-state index is 13.0. The summed E-state index contributed by atoms with van der Waals surface area (Å²) in [5.41, 5.74) is 4.27. The number of carbonyl (C=O) groups excluding carboxylic acids is 1. The van der Waals surface area contributed by atoms with Crippen molar-refractivity contribution in [2.45, 2.75) is 25.4 Å². The number of nitrogens with zero attached hydrogens (tertiary/aromatic N) is 2. The molecular formula is C27H22F3N3O. The second kappa shape index (κ2) is 9.47. The van der Waals surface area contributed by atoms with Gasteiger partial charge in [-0.15, -0.1) is 0 Å². The molecule has 3 aromatic rings. The van der Waals surface area contributed by atoms with Crippen LogP contribution in [0.25, 0.3) is 5.57 Å². The van der Waals surface area contributed by atoms with Crippen LogP contribution in [0.5, 0.6) is 0 Å². The lowest BCUT2D eigenvalue weighted by Gasteiger charge is -2.16. The van der Waals surface area contributed by atoms with Gasteiger partial charge < -0.3 is 5.32 Å². The van der Waals surface area contributed by atoms with Gasteiger partial charge in [0.1, 0.15) is 5.69 Å². The number of anilines is 1. The molecule has 1 aromatic carbocycles. The molecule has 2 aromatic heterocycles. The molecule has 4 rings (SSSR count). The Morgan fingerprint density at radius 1 is 1.09 bits per heavy atom. The number of alkyl halides is 3. The van der Waals surface area contributed by atoms with Crippen molar-refractivity contribution in [2.75, 3.05) is 5.32 Å². The van der Waals surface area contributed by atoms with Crippen molar-refractivity contribution in [1.82, 2.24) is 9.97 Å². The van der Waals surface area contributed by atoms with Crippen molar-refractivity contribution in [3.05, 3.63) is 119 Å². The Hall–Kier alpha value is -4.00. The zero-order chi connectivity index (χ0) is 24.3. The molecule has 4 nitrogen and oxygen atoms in total. The lowest BCUT2D eigenvalue weighted by atomic mass is 9.89. The Kier molecular flexibility index (Phi) is 6.45. The minimum atomic E-state index is -4.62. The third kappa shape index (κ3) is 5.14. The summed E-state index contributed by atoms with van der Waals surface area (Å²) in [6.07, 6.45) is 6.79. The van der Waals surface area contributed by atoms with Crippen LogP contribution in [0.3, 0.4) is 0 Å². The topological polar surface area (TPSA) is 54.9 Å². The van der Waals surface area contributed by atoms with Crippen LogP contribution >= 0.6 is 0 Å². The average molecular weight is 461 g/mol. The first kappa shape index (κ1) is 23.2. The number of aryl methyl sites for hydroxylation is 1. The number of allylic oxidation sites excluding steroid dienone is 5. The van der Waals surface area contributed by atoms with E-state index in [1.807, 2.05) is 37.3 Å². The predicted octanol–water partition coefficient (Wildman–Crippen LogP) is 6.74. The highest BCUT2D eigenvalue weighted by atomic mass is 19.4. The molecule has 0 spiro atoms. The van der Waals surface area contributed by atoms with E-state index < -0.39 is 17.8 Å². The summed E-state index contributed by atoms with van der Waals surface area (Å²) in [4.78, 5) is 20.0. The van der Waals surface area contributed by atoms with Gasteiger partial charge in [0, 0.05) is 35.8 Å². The summed E-state index contributed by atoms with van der Waals surface area (Å²) in [6.45, 7) is 6.21. The summed E-state index contributed by atoms with van der Waals surface area (Å²) in [5, 5.41) is 2.70. The number of carbonyl (C=O) groups is 1. The van der Waals surface area contributed by atoms with Crippen LogP contribution in [-0.2, 0) is 6.18 Å². The smallest absolute Gasteiger partial charge is 0.322 e. The molecule has 0 radical (unpaired) electrons. The fourth-order valence-corrected chi connectivity index (χ4v) is 3.84. The number of rotatable bonds is 4. The van der Waals surface area contributed by atoms with Crippen molar-refractivity contribution in [1.29, 1.82) is 0 Å². The first-order chi connectivity index (χ1) is 16.2. The van der Waals surface area contributed by atoms with Gasteiger partial charge in [-0.1, -0.05) is 36.4 Å². The molecule has 0 bridgehead atoms. The largest absolute Gasteiger partial charge is 0.433 e. The van der Waals surface area contributed by atoms with E-state index in [0.717, 1.165) is 46.5 Å². The third-order valence-corrected chi connectivity index (χ3v) is 5.65. The van der Waals surface area contributed by atoms with Gasteiger partial charge in [-0.25, -0.2) is 0 Å². The standard InChI is InChI=1S/C27H22F3N3O/c1-17-4-3-5-20(14-23(17)19-8-11-31-12-9-19)24-16-22(7-6-18(24)2)33-26(34)21-10-13-32-25(15-21)27(28,29)30/h3,5-16,23H,1,4H2,2H3,(H,33,34). The molecule has 1 atom stereocenters. The van der Waals surface area contributed by atoms with Crippen LogP contribution in [0, 0.1) is 6.92 Å². The van der Waals surface area contributed by atoms with Gasteiger partial charge in [0.25, 0.3) is 5.91 Å². The Bertz CT molecular complexity index is 1290. The fraction of sp³-hybridized carbons (Fsp3) is 0.148. The first-order valence-corrected chi connectivity index (χ1v) is 10.6. The van der Waals surface area contributed by atoms with E-state index in [-0.39, 0.29) is 11.5 Å². The lowest BCUT2D eigenvalue weighted by Crippen LogP contribution is -2.15. The average Bonchev–Trinajstić information content (AvgIpc) is 3.02. The maximum absolute atomic E-state index is 13.0. The van der Waals surface area contributed by atoms with Crippen LogP contribution in [-0.4, -0.2) is 15.9 Å². The number of aromatic nitrogens is 2. The number of hydrogen-bond acceptors (Lipinski definition) is 3. The van der Waals surface area contributed by atoms with E-state index >= 15 is 0 Å². The summed E-state index contributed by atoms with van der Waals surface area (Å²) in [7, 11) is 0. The summed E-state index contributed by atoms with van der Waals surface area (Å²) >= 11 is 0. The molecule has 34 heavy (non-hydrogen) atoms. The highest BCUT2D eigenvalue weighted by Gasteiger charge is 2.33. The van der Waals surface area contributed by atoms with Gasteiger partial charge in [-0.2, -0.15) is 13.2 Å². The monoisotopic (exact) mass is 461 g/mol. The third-order valence-electron chi connectivity index (χ3n) is 5.65. The van der Waals surface area contributed by atoms with Gasteiger partial charge in [-0.05, 0) is 72.0 Å². The molecule has 1 amide bonds. The molecule has 7 heteroatoms. The molecule has 0 saturated heterocycles. The predicted molar refractivity (Wildman–Crippen MR) is 126 cm³/mol. The molecule has 1 aliphatic carbocycles. The van der Waals surface area contributed by atoms with Crippen LogP contribution in [0.4, 0.5) is 18.9 Å².